The summed E-state index contributed by atoms with van der Waals surface area (Å²) in [7, 11) is 0. The fourth-order valence-electron chi connectivity index (χ4n) is 6.32. The first-order valence-electron chi connectivity index (χ1n) is 15.4. The van der Waals surface area contributed by atoms with Crippen LogP contribution in [0.1, 0.15) is 62.4 Å². The molecule has 1 aliphatic carbocycles. The third-order valence-electron chi connectivity index (χ3n) is 8.04. The van der Waals surface area contributed by atoms with Crippen molar-refractivity contribution in [1.82, 2.24) is 14.1 Å². The Bertz CT molecular complexity index is 1880. The molecule has 0 N–H and O–H groups in total. The van der Waals surface area contributed by atoms with Crippen molar-refractivity contribution >= 4 is 17.0 Å². The van der Waals surface area contributed by atoms with Crippen LogP contribution >= 0.6 is 0 Å². The SMILES string of the molecule is CC(C)C.Cc1cc(-c2ccc3c(c2)c2c(n3-c3ccccc3)C(C)CC=C2)cc(C)c1-n1ccnc1-c1ccccc1. The first kappa shape index (κ1) is 28.5. The van der Waals surface area contributed by atoms with E-state index in [4.69, 9.17) is 0 Å². The molecule has 2 heterocycles. The van der Waals surface area contributed by atoms with Gasteiger partial charge in [0.1, 0.15) is 5.82 Å². The summed E-state index contributed by atoms with van der Waals surface area (Å²) in [5, 5.41) is 1.31. The zero-order valence-electron chi connectivity index (χ0n) is 26.2. The zero-order chi connectivity index (χ0) is 30.1. The van der Waals surface area contributed by atoms with E-state index < -0.39 is 0 Å². The molecule has 0 saturated carbocycles. The predicted octanol–water partition coefficient (Wildman–Crippen LogP) is 10.9. The van der Waals surface area contributed by atoms with E-state index in [1.54, 1.807) is 0 Å². The molecule has 0 saturated heterocycles. The highest BCUT2D eigenvalue weighted by molar-refractivity contribution is 5.96. The molecule has 0 radical (unpaired) electrons. The first-order valence-corrected chi connectivity index (χ1v) is 15.4. The largest absolute Gasteiger partial charge is 0.313 e. The molecule has 7 rings (SSSR count). The van der Waals surface area contributed by atoms with E-state index >= 15 is 0 Å². The van der Waals surface area contributed by atoms with Crippen LogP contribution in [0.15, 0.2) is 109 Å². The number of hydrogen-bond donors (Lipinski definition) is 0. The first-order chi connectivity index (χ1) is 20.8. The summed E-state index contributed by atoms with van der Waals surface area (Å²) in [6, 6.07) is 32.8. The minimum absolute atomic E-state index is 0.471. The molecule has 0 spiro atoms. The van der Waals surface area contributed by atoms with Crippen molar-refractivity contribution in [3.05, 3.63) is 132 Å². The van der Waals surface area contributed by atoms with Gasteiger partial charge in [0, 0.05) is 46.2 Å². The van der Waals surface area contributed by atoms with Gasteiger partial charge in [-0.25, -0.2) is 4.98 Å². The molecular weight excluding hydrogens is 522 g/mol. The van der Waals surface area contributed by atoms with E-state index in [0.717, 1.165) is 23.7 Å². The fraction of sp³-hybridized carbons (Fsp3) is 0.225. The third kappa shape index (κ3) is 5.48. The third-order valence-corrected chi connectivity index (χ3v) is 8.04. The molecular formula is C40H41N3. The van der Waals surface area contributed by atoms with Crippen molar-refractivity contribution in [3.63, 3.8) is 0 Å². The lowest BCUT2D eigenvalue weighted by Gasteiger charge is -2.19. The van der Waals surface area contributed by atoms with Crippen molar-refractivity contribution in [2.45, 2.75) is 53.9 Å². The lowest BCUT2D eigenvalue weighted by atomic mass is 9.92. The number of nitrogens with zero attached hydrogens (tertiary/aromatic N) is 3. The molecule has 216 valence electrons. The van der Waals surface area contributed by atoms with E-state index in [9.17, 15) is 0 Å². The van der Waals surface area contributed by atoms with Crippen molar-refractivity contribution in [3.8, 4) is 33.9 Å². The zero-order valence-corrected chi connectivity index (χ0v) is 26.2. The number of fused-ring (bicyclic) bond motifs is 3. The summed E-state index contributed by atoms with van der Waals surface area (Å²) in [6.45, 7) is 13.3. The minimum atomic E-state index is 0.471. The monoisotopic (exact) mass is 563 g/mol. The molecule has 0 fully saturated rings. The number of imidazole rings is 1. The summed E-state index contributed by atoms with van der Waals surface area (Å²) < 4.78 is 4.68. The van der Waals surface area contributed by atoms with Crippen LogP contribution < -0.4 is 0 Å². The van der Waals surface area contributed by atoms with Crippen molar-refractivity contribution in [2.24, 2.45) is 5.92 Å². The number of rotatable bonds is 4. The molecule has 0 aliphatic heterocycles. The second-order valence-electron chi connectivity index (χ2n) is 12.4. The van der Waals surface area contributed by atoms with E-state index in [-0.39, 0.29) is 0 Å². The van der Waals surface area contributed by atoms with Gasteiger partial charge in [0.25, 0.3) is 0 Å². The number of allylic oxidation sites excluding steroid dienone is 1. The summed E-state index contributed by atoms with van der Waals surface area (Å²) in [5.41, 5.74) is 12.5. The average Bonchev–Trinajstić information content (AvgIpc) is 3.61. The highest BCUT2D eigenvalue weighted by Gasteiger charge is 2.24. The standard InChI is InChI=1S/C36H31N3.C4H10/c1-24-11-10-16-31-32-23-28(17-18-33(32)39(35(24)31)30-14-8-5-9-15-30)29-21-25(2)34(26(3)22-29)38-20-19-37-36(38)27-12-6-4-7-13-27;1-4(2)3/h4-10,12-24H,11H2,1-3H3;4H,1-3H3. The van der Waals surface area contributed by atoms with E-state index in [2.05, 4.69) is 159 Å². The van der Waals surface area contributed by atoms with Gasteiger partial charge in [-0.15, -0.1) is 0 Å². The molecule has 0 amide bonds. The van der Waals surface area contributed by atoms with Gasteiger partial charge in [-0.3, -0.25) is 4.57 Å². The molecule has 6 aromatic rings. The topological polar surface area (TPSA) is 22.8 Å². The number of hydrogen-bond acceptors (Lipinski definition) is 1. The van der Waals surface area contributed by atoms with Crippen molar-refractivity contribution in [2.75, 3.05) is 0 Å². The van der Waals surface area contributed by atoms with E-state index in [0.29, 0.717) is 5.92 Å². The van der Waals surface area contributed by atoms with Crippen LogP contribution in [0.25, 0.3) is 50.9 Å². The van der Waals surface area contributed by atoms with Crippen LogP contribution in [0.5, 0.6) is 0 Å². The van der Waals surface area contributed by atoms with Gasteiger partial charge in [0.05, 0.1) is 11.2 Å². The summed E-state index contributed by atoms with van der Waals surface area (Å²) in [4.78, 5) is 4.69. The quantitative estimate of drug-likeness (QED) is 0.209. The molecule has 0 bridgehead atoms. The molecule has 1 aliphatic rings. The number of benzene rings is 4. The van der Waals surface area contributed by atoms with Crippen LogP contribution in [0, 0.1) is 19.8 Å². The van der Waals surface area contributed by atoms with Crippen molar-refractivity contribution < 1.29 is 0 Å². The minimum Gasteiger partial charge on any atom is -0.313 e. The van der Waals surface area contributed by atoms with Crippen LogP contribution in [-0.4, -0.2) is 14.1 Å². The predicted molar refractivity (Wildman–Crippen MR) is 183 cm³/mol. The molecule has 1 atom stereocenters. The maximum atomic E-state index is 4.69. The molecule has 1 unspecified atom stereocenters. The van der Waals surface area contributed by atoms with Crippen LogP contribution in [0.3, 0.4) is 0 Å². The number of aryl methyl sites for hydroxylation is 2. The Labute approximate surface area is 256 Å². The molecule has 4 aromatic carbocycles. The van der Waals surface area contributed by atoms with Gasteiger partial charge in [-0.1, -0.05) is 94.4 Å². The molecule has 43 heavy (non-hydrogen) atoms. The van der Waals surface area contributed by atoms with Crippen LogP contribution in [0.2, 0.25) is 0 Å². The lowest BCUT2D eigenvalue weighted by molar-refractivity contribution is 0.723. The maximum absolute atomic E-state index is 4.69. The number of aromatic nitrogens is 3. The molecule has 2 aromatic heterocycles. The lowest BCUT2D eigenvalue weighted by Crippen LogP contribution is -2.06. The average molecular weight is 564 g/mol. The highest BCUT2D eigenvalue weighted by Crippen LogP contribution is 2.41. The van der Waals surface area contributed by atoms with Gasteiger partial charge in [-0.05, 0) is 84.8 Å². The maximum Gasteiger partial charge on any atom is 0.144 e. The van der Waals surface area contributed by atoms with Gasteiger partial charge >= 0.3 is 0 Å². The van der Waals surface area contributed by atoms with Crippen molar-refractivity contribution in [1.29, 1.82) is 0 Å². The van der Waals surface area contributed by atoms with Crippen LogP contribution in [0.4, 0.5) is 0 Å². The van der Waals surface area contributed by atoms with Crippen LogP contribution in [-0.2, 0) is 0 Å². The summed E-state index contributed by atoms with van der Waals surface area (Å²) >= 11 is 0. The Morgan fingerprint density at radius 3 is 2.09 bits per heavy atom. The van der Waals surface area contributed by atoms with Gasteiger partial charge in [0.2, 0.25) is 0 Å². The fourth-order valence-corrected chi connectivity index (χ4v) is 6.32. The second kappa shape index (κ2) is 11.9. The van der Waals surface area contributed by atoms with Gasteiger partial charge in [0.15, 0.2) is 0 Å². The Hall–Kier alpha value is -4.63. The number of para-hydroxylation sites is 1. The van der Waals surface area contributed by atoms with Gasteiger partial charge < -0.3 is 4.57 Å². The van der Waals surface area contributed by atoms with Gasteiger partial charge in [-0.2, -0.15) is 0 Å². The molecule has 3 heteroatoms. The Balaban J connectivity index is 0.000000777. The summed E-state index contributed by atoms with van der Waals surface area (Å²) in [5.74, 6) is 2.27. The molecule has 3 nitrogen and oxygen atoms in total. The Morgan fingerprint density at radius 2 is 1.42 bits per heavy atom. The summed E-state index contributed by atoms with van der Waals surface area (Å²) in [6.07, 6.45) is 9.67. The highest BCUT2D eigenvalue weighted by atomic mass is 15.1. The second-order valence-corrected chi connectivity index (χ2v) is 12.4. The van der Waals surface area contributed by atoms with E-state index in [1.165, 1.54) is 55.8 Å². The van der Waals surface area contributed by atoms with E-state index in [1.807, 2.05) is 12.3 Å². The Kier molecular flexibility index (Phi) is 7.90. The Morgan fingerprint density at radius 1 is 0.767 bits per heavy atom. The normalized spacial score (nSPS) is 14.1. The smallest absolute Gasteiger partial charge is 0.144 e.